The summed E-state index contributed by atoms with van der Waals surface area (Å²) in [4.78, 5) is 14.7. The van der Waals surface area contributed by atoms with Crippen molar-refractivity contribution in [3.63, 3.8) is 0 Å². The lowest BCUT2D eigenvalue weighted by atomic mass is 10.1. The van der Waals surface area contributed by atoms with Crippen LogP contribution in [0.2, 0.25) is 0 Å². The molecule has 1 aromatic carbocycles. The summed E-state index contributed by atoms with van der Waals surface area (Å²) >= 11 is 0. The Morgan fingerprint density at radius 1 is 1.32 bits per heavy atom. The van der Waals surface area contributed by atoms with Gasteiger partial charge in [-0.2, -0.15) is 13.2 Å². The Morgan fingerprint density at radius 2 is 2.00 bits per heavy atom. The predicted octanol–water partition coefficient (Wildman–Crippen LogP) is 2.91. The predicted molar refractivity (Wildman–Crippen MR) is 63.2 cm³/mol. The minimum Gasteiger partial charge on any atom is -0.477 e. The molecule has 0 aliphatic rings. The van der Waals surface area contributed by atoms with Crippen molar-refractivity contribution in [1.82, 2.24) is 4.98 Å². The van der Waals surface area contributed by atoms with E-state index in [1.165, 1.54) is 0 Å². The summed E-state index contributed by atoms with van der Waals surface area (Å²) in [7, 11) is 0. The van der Waals surface area contributed by atoms with Gasteiger partial charge in [-0.15, -0.1) is 0 Å². The van der Waals surface area contributed by atoms with Gasteiger partial charge in [0.15, 0.2) is 5.69 Å². The molecule has 0 bridgehead atoms. The van der Waals surface area contributed by atoms with Gasteiger partial charge in [0.25, 0.3) is 0 Å². The van der Waals surface area contributed by atoms with E-state index in [9.17, 15) is 18.0 Å². The van der Waals surface area contributed by atoms with Crippen LogP contribution < -0.4 is 5.32 Å². The molecule has 2 rings (SSSR count). The smallest absolute Gasteiger partial charge is 0.405 e. The Labute approximate surface area is 105 Å². The number of pyridine rings is 1. The van der Waals surface area contributed by atoms with E-state index in [0.29, 0.717) is 10.9 Å². The number of fused-ring (bicyclic) bond motifs is 1. The normalized spacial score (nSPS) is 11.5. The van der Waals surface area contributed by atoms with Crippen molar-refractivity contribution in [2.75, 3.05) is 11.9 Å². The van der Waals surface area contributed by atoms with Gasteiger partial charge in [0.05, 0.1) is 5.52 Å². The van der Waals surface area contributed by atoms with E-state index in [2.05, 4.69) is 10.3 Å². The van der Waals surface area contributed by atoms with Gasteiger partial charge < -0.3 is 10.4 Å². The number of alkyl halides is 3. The highest BCUT2D eigenvalue weighted by Gasteiger charge is 2.27. The molecule has 100 valence electrons. The lowest BCUT2D eigenvalue weighted by Crippen LogP contribution is -2.21. The van der Waals surface area contributed by atoms with E-state index < -0.39 is 18.7 Å². The van der Waals surface area contributed by atoms with Crippen LogP contribution in [0.1, 0.15) is 10.5 Å². The van der Waals surface area contributed by atoms with Gasteiger partial charge in [0.2, 0.25) is 0 Å². The monoisotopic (exact) mass is 270 g/mol. The second kappa shape index (κ2) is 4.75. The second-order valence-electron chi connectivity index (χ2n) is 3.85. The van der Waals surface area contributed by atoms with Gasteiger partial charge in [0, 0.05) is 11.1 Å². The van der Waals surface area contributed by atoms with Crippen LogP contribution in [-0.4, -0.2) is 28.8 Å². The SMILES string of the molecule is O=C(O)c1cc(NCC(F)(F)F)c2ccccc2n1. The van der Waals surface area contributed by atoms with Crippen LogP contribution >= 0.6 is 0 Å². The third-order valence-corrected chi connectivity index (χ3v) is 2.41. The maximum atomic E-state index is 12.2. The van der Waals surface area contributed by atoms with Crippen LogP contribution in [-0.2, 0) is 0 Å². The lowest BCUT2D eigenvalue weighted by molar-refractivity contribution is -0.115. The number of nitrogens with one attached hydrogen (secondary N) is 1. The largest absolute Gasteiger partial charge is 0.477 e. The van der Waals surface area contributed by atoms with Crippen LogP contribution in [0.25, 0.3) is 10.9 Å². The number of para-hydroxylation sites is 1. The number of aromatic nitrogens is 1. The van der Waals surface area contributed by atoms with E-state index >= 15 is 0 Å². The molecule has 7 heteroatoms. The average molecular weight is 270 g/mol. The third-order valence-electron chi connectivity index (χ3n) is 2.41. The van der Waals surface area contributed by atoms with Crippen molar-refractivity contribution in [3.05, 3.63) is 36.0 Å². The van der Waals surface area contributed by atoms with E-state index in [1.807, 2.05) is 0 Å². The molecule has 19 heavy (non-hydrogen) atoms. The third kappa shape index (κ3) is 3.12. The zero-order valence-corrected chi connectivity index (χ0v) is 9.53. The molecule has 0 saturated heterocycles. The van der Waals surface area contributed by atoms with Crippen molar-refractivity contribution >= 4 is 22.6 Å². The summed E-state index contributed by atoms with van der Waals surface area (Å²) in [5.41, 5.74) is 0.121. The van der Waals surface area contributed by atoms with E-state index in [-0.39, 0.29) is 11.4 Å². The minimum absolute atomic E-state index is 0.0975. The average Bonchev–Trinajstić information content (AvgIpc) is 2.34. The molecule has 1 heterocycles. The summed E-state index contributed by atoms with van der Waals surface area (Å²) < 4.78 is 36.6. The summed E-state index contributed by atoms with van der Waals surface area (Å²) in [5.74, 6) is -1.29. The fourth-order valence-electron chi connectivity index (χ4n) is 1.63. The van der Waals surface area contributed by atoms with Gasteiger partial charge in [-0.3, -0.25) is 0 Å². The fourth-order valence-corrected chi connectivity index (χ4v) is 1.63. The maximum absolute atomic E-state index is 12.2. The molecular weight excluding hydrogens is 261 g/mol. The highest BCUT2D eigenvalue weighted by Crippen LogP contribution is 2.25. The molecular formula is C12H9F3N2O2. The second-order valence-corrected chi connectivity index (χ2v) is 3.85. The fraction of sp³-hybridized carbons (Fsp3) is 0.167. The molecule has 0 amide bonds. The van der Waals surface area contributed by atoms with Crippen molar-refractivity contribution in [2.24, 2.45) is 0 Å². The molecule has 0 unspecified atom stereocenters. The van der Waals surface area contributed by atoms with Crippen LogP contribution in [0.3, 0.4) is 0 Å². The molecule has 0 spiro atoms. The van der Waals surface area contributed by atoms with Crippen LogP contribution in [0.15, 0.2) is 30.3 Å². The number of benzene rings is 1. The summed E-state index contributed by atoms with van der Waals surface area (Å²) in [5, 5.41) is 11.5. The Bertz CT molecular complexity index is 626. The highest BCUT2D eigenvalue weighted by molar-refractivity contribution is 5.97. The number of halogens is 3. The Hall–Kier alpha value is -2.31. The lowest BCUT2D eigenvalue weighted by Gasteiger charge is -2.12. The quantitative estimate of drug-likeness (QED) is 0.900. The van der Waals surface area contributed by atoms with E-state index in [4.69, 9.17) is 5.11 Å². The van der Waals surface area contributed by atoms with Gasteiger partial charge in [-0.05, 0) is 12.1 Å². The topological polar surface area (TPSA) is 62.2 Å². The molecule has 0 fully saturated rings. The first kappa shape index (κ1) is 13.1. The number of anilines is 1. The van der Waals surface area contributed by atoms with Gasteiger partial charge >= 0.3 is 12.1 Å². The van der Waals surface area contributed by atoms with Crippen molar-refractivity contribution in [3.8, 4) is 0 Å². The number of nitrogens with zero attached hydrogens (tertiary/aromatic N) is 1. The first-order valence-electron chi connectivity index (χ1n) is 5.30. The molecule has 4 nitrogen and oxygen atoms in total. The molecule has 1 aromatic heterocycles. The molecule has 2 N–H and O–H groups in total. The summed E-state index contributed by atoms with van der Waals surface area (Å²) in [6.07, 6.45) is -4.38. The number of rotatable bonds is 3. The van der Waals surface area contributed by atoms with Crippen LogP contribution in [0.4, 0.5) is 18.9 Å². The van der Waals surface area contributed by atoms with Crippen LogP contribution in [0, 0.1) is 0 Å². The van der Waals surface area contributed by atoms with E-state index in [1.54, 1.807) is 24.3 Å². The molecule has 2 aromatic rings. The zero-order valence-electron chi connectivity index (χ0n) is 9.53. The maximum Gasteiger partial charge on any atom is 0.405 e. The number of hydrogen-bond donors (Lipinski definition) is 2. The number of carboxylic acids is 1. The Balaban J connectivity index is 2.47. The number of carbonyl (C=O) groups is 1. The summed E-state index contributed by atoms with van der Waals surface area (Å²) in [6.45, 7) is -1.24. The molecule has 0 aliphatic heterocycles. The molecule has 0 aliphatic carbocycles. The van der Waals surface area contributed by atoms with Crippen molar-refractivity contribution in [1.29, 1.82) is 0 Å². The van der Waals surface area contributed by atoms with Crippen LogP contribution in [0.5, 0.6) is 0 Å². The standard InChI is InChI=1S/C12H9F3N2O2/c13-12(14,15)6-16-9-5-10(11(18)19)17-8-4-2-1-3-7(8)9/h1-5H,6H2,(H,16,17)(H,18,19). The number of aromatic carboxylic acids is 1. The van der Waals surface area contributed by atoms with E-state index in [0.717, 1.165) is 6.07 Å². The van der Waals surface area contributed by atoms with Crippen molar-refractivity contribution < 1.29 is 23.1 Å². The minimum atomic E-state index is -4.38. The van der Waals surface area contributed by atoms with Gasteiger partial charge in [-0.1, -0.05) is 18.2 Å². The van der Waals surface area contributed by atoms with Crippen molar-refractivity contribution in [2.45, 2.75) is 6.18 Å². The molecule has 0 radical (unpaired) electrons. The highest BCUT2D eigenvalue weighted by atomic mass is 19.4. The van der Waals surface area contributed by atoms with Gasteiger partial charge in [-0.25, -0.2) is 9.78 Å². The Morgan fingerprint density at radius 3 is 2.63 bits per heavy atom. The first-order valence-corrected chi connectivity index (χ1v) is 5.30. The molecule has 0 saturated carbocycles. The number of hydrogen-bond acceptors (Lipinski definition) is 3. The zero-order chi connectivity index (χ0) is 14.0. The first-order chi connectivity index (χ1) is 8.87. The van der Waals surface area contributed by atoms with Gasteiger partial charge in [0.1, 0.15) is 6.54 Å². The molecule has 0 atom stereocenters. The Kier molecular flexibility index (Phi) is 3.28. The summed E-state index contributed by atoms with van der Waals surface area (Å²) in [6, 6.07) is 7.49. The number of carboxylic acid groups (broad SMARTS) is 1.